The molecule has 2 aliphatic rings. The molecule has 0 aliphatic carbocycles. The van der Waals surface area contributed by atoms with Crippen LogP contribution in [0.4, 0.5) is 0 Å². The van der Waals surface area contributed by atoms with Gasteiger partial charge in [-0.05, 0) is 48.2 Å². The van der Waals surface area contributed by atoms with E-state index in [9.17, 15) is 19.2 Å². The maximum atomic E-state index is 13.0. The van der Waals surface area contributed by atoms with Crippen molar-refractivity contribution in [2.24, 2.45) is 0 Å². The van der Waals surface area contributed by atoms with E-state index in [4.69, 9.17) is 0 Å². The smallest absolute Gasteiger partial charge is 0.261 e. The molecule has 0 atom stereocenters. The SMILES string of the molecule is CCCCCCN1C(=O)c2ccc(/C=C/c3ccc(/C=C/c4ccc5c(c4)C(=O)N(CCCCCC)C5=O)c4nsnc34)cc2C1=O. The highest BCUT2D eigenvalue weighted by molar-refractivity contribution is 7.00. The second-order valence-electron chi connectivity index (χ2n) is 12.1. The largest absolute Gasteiger partial charge is 0.274 e. The summed E-state index contributed by atoms with van der Waals surface area (Å²) in [6.07, 6.45) is 15.8. The van der Waals surface area contributed by atoms with Gasteiger partial charge in [-0.3, -0.25) is 29.0 Å². The molecule has 6 rings (SSSR count). The Kier molecular flexibility index (Phi) is 9.82. The number of benzene rings is 3. The highest BCUT2D eigenvalue weighted by Gasteiger charge is 2.36. The molecule has 0 saturated heterocycles. The maximum Gasteiger partial charge on any atom is 0.261 e. The molecule has 0 fully saturated rings. The predicted octanol–water partition coefficient (Wildman–Crippen LogP) is 8.38. The lowest BCUT2D eigenvalue weighted by atomic mass is 10.0. The molecule has 0 bridgehead atoms. The number of rotatable bonds is 14. The monoisotopic (exact) mass is 646 g/mol. The van der Waals surface area contributed by atoms with Gasteiger partial charge in [0.1, 0.15) is 11.0 Å². The van der Waals surface area contributed by atoms with E-state index in [1.165, 1.54) is 9.80 Å². The van der Waals surface area contributed by atoms with Crippen LogP contribution in [0.15, 0.2) is 48.5 Å². The minimum absolute atomic E-state index is 0.212. The van der Waals surface area contributed by atoms with Crippen molar-refractivity contribution in [1.82, 2.24) is 18.5 Å². The van der Waals surface area contributed by atoms with E-state index in [1.807, 2.05) is 48.6 Å². The first kappa shape index (κ1) is 32.2. The minimum atomic E-state index is -0.224. The molecule has 0 saturated carbocycles. The van der Waals surface area contributed by atoms with Crippen molar-refractivity contribution in [3.63, 3.8) is 0 Å². The summed E-state index contributed by atoms with van der Waals surface area (Å²) in [5, 5.41) is 0. The molecule has 240 valence electrons. The Labute approximate surface area is 279 Å². The van der Waals surface area contributed by atoms with Crippen molar-refractivity contribution < 1.29 is 19.2 Å². The first-order valence-electron chi connectivity index (χ1n) is 16.5. The van der Waals surface area contributed by atoms with Crippen molar-refractivity contribution in [1.29, 1.82) is 0 Å². The van der Waals surface area contributed by atoms with Crippen LogP contribution in [0.1, 0.15) is 129 Å². The number of hydrogen-bond acceptors (Lipinski definition) is 7. The fourth-order valence-corrected chi connectivity index (χ4v) is 6.76. The fraction of sp³-hybridized carbons (Fsp3) is 0.316. The van der Waals surface area contributed by atoms with Gasteiger partial charge < -0.3 is 0 Å². The van der Waals surface area contributed by atoms with Gasteiger partial charge in [0, 0.05) is 24.2 Å². The molecule has 3 heterocycles. The summed E-state index contributed by atoms with van der Waals surface area (Å²) < 4.78 is 9.08. The summed E-state index contributed by atoms with van der Waals surface area (Å²) in [7, 11) is 0. The molecule has 2 aliphatic heterocycles. The van der Waals surface area contributed by atoms with E-state index < -0.39 is 0 Å². The second-order valence-corrected chi connectivity index (χ2v) is 12.7. The third-order valence-electron chi connectivity index (χ3n) is 8.85. The molecular weight excluding hydrogens is 609 g/mol. The number of carbonyl (C=O) groups is 4. The Morgan fingerprint density at radius 2 is 0.957 bits per heavy atom. The first-order valence-corrected chi connectivity index (χ1v) is 17.3. The fourth-order valence-electron chi connectivity index (χ4n) is 6.17. The summed E-state index contributed by atoms with van der Waals surface area (Å²) in [4.78, 5) is 54.5. The Hall–Kier alpha value is -4.76. The lowest BCUT2D eigenvalue weighted by Gasteiger charge is -2.13. The highest BCUT2D eigenvalue weighted by Crippen LogP contribution is 2.29. The zero-order chi connectivity index (χ0) is 32.9. The minimum Gasteiger partial charge on any atom is -0.274 e. The average Bonchev–Trinajstić information content (AvgIpc) is 3.74. The van der Waals surface area contributed by atoms with Gasteiger partial charge in [-0.25, -0.2) is 0 Å². The van der Waals surface area contributed by atoms with Crippen LogP contribution < -0.4 is 0 Å². The zero-order valence-electron chi connectivity index (χ0n) is 26.8. The van der Waals surface area contributed by atoms with Crippen LogP contribution in [0.3, 0.4) is 0 Å². The quantitative estimate of drug-likeness (QED) is 0.0775. The number of unbranched alkanes of at least 4 members (excludes halogenated alkanes) is 6. The normalized spacial score (nSPS) is 14.5. The van der Waals surface area contributed by atoms with E-state index in [0.29, 0.717) is 35.3 Å². The molecule has 4 aromatic rings. The molecule has 8 nitrogen and oxygen atoms in total. The van der Waals surface area contributed by atoms with Gasteiger partial charge >= 0.3 is 0 Å². The van der Waals surface area contributed by atoms with E-state index >= 15 is 0 Å². The molecule has 0 N–H and O–H groups in total. The third kappa shape index (κ3) is 6.58. The Morgan fingerprint density at radius 1 is 0.532 bits per heavy atom. The van der Waals surface area contributed by atoms with Crippen molar-refractivity contribution in [3.05, 3.63) is 93.0 Å². The lowest BCUT2D eigenvalue weighted by molar-refractivity contribution is 0.0636. The van der Waals surface area contributed by atoms with Crippen molar-refractivity contribution in [3.8, 4) is 0 Å². The first-order chi connectivity index (χ1) is 22.9. The van der Waals surface area contributed by atoms with Crippen LogP contribution in [-0.2, 0) is 0 Å². The molecule has 1 aromatic heterocycles. The number of aromatic nitrogens is 2. The second kappa shape index (κ2) is 14.3. The van der Waals surface area contributed by atoms with E-state index in [1.54, 1.807) is 24.3 Å². The number of fused-ring (bicyclic) bond motifs is 3. The number of carbonyl (C=O) groups excluding carboxylic acids is 4. The average molecular weight is 647 g/mol. The van der Waals surface area contributed by atoms with E-state index in [0.717, 1.165) is 96.4 Å². The molecular formula is C38H38N4O4S. The molecule has 9 heteroatoms. The summed E-state index contributed by atoms with van der Waals surface area (Å²) in [5.41, 5.74) is 6.74. The molecule has 4 amide bonds. The standard InChI is InChI=1S/C38H38N4O4S/c1-3-5-7-9-21-41-35(43)29-19-13-25(23-31(29)37(41)45)11-15-27-17-18-28(34-33(27)39-47-40-34)16-12-26-14-20-30-32(24-26)38(46)42(36(30)44)22-10-8-6-4-2/h11-20,23-24H,3-10,21-22H2,1-2H3/b15-11+,16-12+. The Balaban J connectivity index is 1.16. The summed E-state index contributed by atoms with van der Waals surface area (Å²) >= 11 is 1.13. The van der Waals surface area contributed by atoms with Crippen LogP contribution in [0, 0.1) is 0 Å². The molecule has 0 spiro atoms. The topological polar surface area (TPSA) is 101 Å². The lowest BCUT2D eigenvalue weighted by Crippen LogP contribution is -2.30. The van der Waals surface area contributed by atoms with E-state index in [2.05, 4.69) is 22.6 Å². The van der Waals surface area contributed by atoms with Crippen molar-refractivity contribution in [2.75, 3.05) is 13.1 Å². The van der Waals surface area contributed by atoms with Crippen LogP contribution in [0.25, 0.3) is 35.3 Å². The van der Waals surface area contributed by atoms with Gasteiger partial charge in [-0.15, -0.1) is 0 Å². The predicted molar refractivity (Wildman–Crippen MR) is 187 cm³/mol. The molecule has 3 aromatic carbocycles. The van der Waals surface area contributed by atoms with Crippen LogP contribution in [-0.4, -0.2) is 55.3 Å². The van der Waals surface area contributed by atoms with Crippen molar-refractivity contribution >= 4 is 70.7 Å². The highest BCUT2D eigenvalue weighted by atomic mass is 32.1. The third-order valence-corrected chi connectivity index (χ3v) is 9.38. The van der Waals surface area contributed by atoms with Crippen LogP contribution in [0.2, 0.25) is 0 Å². The maximum absolute atomic E-state index is 13.0. The summed E-state index contributed by atoms with van der Waals surface area (Å²) in [6.45, 7) is 5.17. The van der Waals surface area contributed by atoms with Gasteiger partial charge in [-0.1, -0.05) is 101 Å². The summed E-state index contributed by atoms with van der Waals surface area (Å²) in [5.74, 6) is -0.873. The number of amides is 4. The Morgan fingerprint density at radius 3 is 1.38 bits per heavy atom. The Bertz CT molecular complexity index is 1790. The van der Waals surface area contributed by atoms with Crippen LogP contribution in [0.5, 0.6) is 0 Å². The van der Waals surface area contributed by atoms with Gasteiger partial charge in [0.15, 0.2) is 0 Å². The molecule has 0 radical (unpaired) electrons. The number of nitrogens with zero attached hydrogens (tertiary/aromatic N) is 4. The van der Waals surface area contributed by atoms with Gasteiger partial charge in [0.05, 0.1) is 34.0 Å². The van der Waals surface area contributed by atoms with E-state index in [-0.39, 0.29) is 23.6 Å². The molecule has 47 heavy (non-hydrogen) atoms. The van der Waals surface area contributed by atoms with Crippen molar-refractivity contribution in [2.45, 2.75) is 65.2 Å². The zero-order valence-corrected chi connectivity index (χ0v) is 27.6. The van der Waals surface area contributed by atoms with Gasteiger partial charge in [0.2, 0.25) is 0 Å². The van der Waals surface area contributed by atoms with Gasteiger partial charge in [-0.2, -0.15) is 8.75 Å². The summed E-state index contributed by atoms with van der Waals surface area (Å²) in [6, 6.07) is 14.7. The number of imide groups is 2. The number of hydrogen-bond donors (Lipinski definition) is 0. The molecule has 0 unspecified atom stereocenters. The van der Waals surface area contributed by atoms with Crippen LogP contribution >= 0.6 is 11.7 Å². The van der Waals surface area contributed by atoms with Gasteiger partial charge in [0.25, 0.3) is 23.6 Å².